The van der Waals surface area contributed by atoms with E-state index in [9.17, 15) is 18.0 Å². The monoisotopic (exact) mass is 448 g/mol. The lowest BCUT2D eigenvalue weighted by Crippen LogP contribution is -2.43. The molecule has 0 radical (unpaired) electrons. The van der Waals surface area contributed by atoms with Gasteiger partial charge >= 0.3 is 5.97 Å². The zero-order valence-electron chi connectivity index (χ0n) is 17.9. The van der Waals surface area contributed by atoms with Crippen molar-refractivity contribution in [2.24, 2.45) is 5.92 Å². The van der Waals surface area contributed by atoms with Crippen LogP contribution in [0, 0.1) is 5.92 Å². The van der Waals surface area contributed by atoms with Crippen LogP contribution >= 0.6 is 0 Å². The molecule has 0 bridgehead atoms. The largest absolute Gasteiger partial charge is 0.462 e. The molecule has 2 aromatic rings. The number of hydrogen-bond donors (Lipinski definition) is 1. The fourth-order valence-corrected chi connectivity index (χ4v) is 4.83. The second-order valence-corrected chi connectivity index (χ2v) is 9.63. The van der Waals surface area contributed by atoms with Crippen molar-refractivity contribution in [3.05, 3.63) is 42.4 Å². The van der Waals surface area contributed by atoms with Crippen molar-refractivity contribution >= 4 is 27.6 Å². The molecule has 168 valence electrons. The molecule has 0 aliphatic carbocycles. The minimum atomic E-state index is -3.76. The minimum Gasteiger partial charge on any atom is -0.462 e. The number of esters is 1. The van der Waals surface area contributed by atoms with Gasteiger partial charge in [0.25, 0.3) is 10.0 Å². The molecule has 1 aliphatic rings. The van der Waals surface area contributed by atoms with Crippen LogP contribution in [0.3, 0.4) is 0 Å². The molecule has 1 aromatic heterocycles. The second-order valence-electron chi connectivity index (χ2n) is 7.74. The van der Waals surface area contributed by atoms with Crippen molar-refractivity contribution in [1.82, 2.24) is 13.9 Å². The van der Waals surface area contributed by atoms with Gasteiger partial charge in [-0.05, 0) is 57.9 Å². The summed E-state index contributed by atoms with van der Waals surface area (Å²) in [4.78, 5) is 28.5. The van der Waals surface area contributed by atoms with E-state index in [-0.39, 0.29) is 30.1 Å². The Morgan fingerprint density at radius 3 is 2.58 bits per heavy atom. The fraction of sp³-hybridized carbons (Fsp3) is 0.476. The third kappa shape index (κ3) is 5.31. The Labute approximate surface area is 182 Å². The quantitative estimate of drug-likeness (QED) is 0.652. The number of nitrogens with one attached hydrogen (secondary N) is 1. The van der Waals surface area contributed by atoms with Crippen molar-refractivity contribution in [1.29, 1.82) is 0 Å². The van der Waals surface area contributed by atoms with Gasteiger partial charge in [-0.2, -0.15) is 4.31 Å². The van der Waals surface area contributed by atoms with Crippen molar-refractivity contribution in [3.63, 3.8) is 0 Å². The molecule has 3 rings (SSSR count). The Hall–Kier alpha value is -2.72. The van der Waals surface area contributed by atoms with Crippen LogP contribution in [0.25, 0.3) is 0 Å². The molecule has 10 heteroatoms. The second kappa shape index (κ2) is 9.61. The number of hydrogen-bond acceptors (Lipinski definition) is 6. The molecular formula is C21H28N4O5S. The number of piperidine rings is 1. The molecule has 1 N–H and O–H groups in total. The topological polar surface area (TPSA) is 111 Å². The normalized spacial score (nSPS) is 17.5. The first-order valence-corrected chi connectivity index (χ1v) is 11.8. The molecule has 1 amide bonds. The first-order valence-electron chi connectivity index (χ1n) is 10.3. The highest BCUT2D eigenvalue weighted by Crippen LogP contribution is 2.25. The van der Waals surface area contributed by atoms with E-state index >= 15 is 0 Å². The van der Waals surface area contributed by atoms with E-state index in [1.54, 1.807) is 35.8 Å². The van der Waals surface area contributed by atoms with Gasteiger partial charge in [-0.15, -0.1) is 0 Å². The lowest BCUT2D eigenvalue weighted by Gasteiger charge is -2.30. The SMILES string of the molecule is CCOC(=O)c1ccc(NC(=O)C2CCCN(S(=O)(=O)c3cn(C(C)C)cn3)C2)cc1. The van der Waals surface area contributed by atoms with E-state index in [0.29, 0.717) is 30.6 Å². The van der Waals surface area contributed by atoms with Gasteiger partial charge in [-0.25, -0.2) is 18.2 Å². The number of carbonyl (C=O) groups is 2. The Bertz CT molecular complexity index is 1030. The summed E-state index contributed by atoms with van der Waals surface area (Å²) in [5.41, 5.74) is 0.935. The summed E-state index contributed by atoms with van der Waals surface area (Å²) >= 11 is 0. The van der Waals surface area contributed by atoms with Crippen LogP contribution in [0.2, 0.25) is 0 Å². The Morgan fingerprint density at radius 1 is 1.26 bits per heavy atom. The predicted octanol–water partition coefficient (Wildman–Crippen LogP) is 2.68. The number of amides is 1. The van der Waals surface area contributed by atoms with Crippen molar-refractivity contribution in [2.45, 2.75) is 44.7 Å². The van der Waals surface area contributed by atoms with Gasteiger partial charge in [0.05, 0.1) is 24.4 Å². The van der Waals surface area contributed by atoms with Crippen LogP contribution in [0.1, 0.15) is 50.0 Å². The summed E-state index contributed by atoms with van der Waals surface area (Å²) in [7, 11) is -3.76. The summed E-state index contributed by atoms with van der Waals surface area (Å²) < 4.78 is 34.0. The standard InChI is InChI=1S/C21H28N4O5S/c1-4-30-21(27)16-7-9-18(10-8-16)23-20(26)17-6-5-11-25(12-17)31(28,29)19-13-24(14-22-19)15(2)3/h7-10,13-15,17H,4-6,11-12H2,1-3H3,(H,23,26). The highest BCUT2D eigenvalue weighted by molar-refractivity contribution is 7.89. The molecule has 31 heavy (non-hydrogen) atoms. The van der Waals surface area contributed by atoms with Gasteiger partial charge in [-0.3, -0.25) is 4.79 Å². The van der Waals surface area contributed by atoms with Gasteiger partial charge in [-0.1, -0.05) is 0 Å². The number of ether oxygens (including phenoxy) is 1. The summed E-state index contributed by atoms with van der Waals surface area (Å²) in [5.74, 6) is -1.15. The Balaban J connectivity index is 1.65. The Morgan fingerprint density at radius 2 is 1.97 bits per heavy atom. The zero-order valence-corrected chi connectivity index (χ0v) is 18.8. The number of benzene rings is 1. The van der Waals surface area contributed by atoms with Gasteiger partial charge in [0.1, 0.15) is 0 Å². The van der Waals surface area contributed by atoms with E-state index in [2.05, 4.69) is 10.3 Å². The van der Waals surface area contributed by atoms with Crippen LogP contribution in [-0.4, -0.2) is 53.8 Å². The van der Waals surface area contributed by atoms with E-state index in [1.165, 1.54) is 16.8 Å². The number of carbonyl (C=O) groups excluding carboxylic acids is 2. The molecule has 1 fully saturated rings. The molecule has 1 atom stereocenters. The van der Waals surface area contributed by atoms with E-state index in [0.717, 1.165) is 0 Å². The van der Waals surface area contributed by atoms with Gasteiger partial charge < -0.3 is 14.6 Å². The number of imidazole rings is 1. The molecule has 1 aliphatic heterocycles. The molecule has 1 aromatic carbocycles. The van der Waals surface area contributed by atoms with Gasteiger partial charge in [0.15, 0.2) is 5.03 Å². The molecule has 0 spiro atoms. The number of sulfonamides is 1. The first kappa shape index (κ1) is 23.0. The predicted molar refractivity (Wildman–Crippen MR) is 115 cm³/mol. The molecule has 0 saturated carbocycles. The average molecular weight is 449 g/mol. The van der Waals surface area contributed by atoms with Crippen LogP contribution in [0.15, 0.2) is 41.8 Å². The first-order chi connectivity index (χ1) is 14.7. The Kier molecular flexibility index (Phi) is 7.11. The summed E-state index contributed by atoms with van der Waals surface area (Å²) in [6.45, 7) is 6.36. The smallest absolute Gasteiger partial charge is 0.338 e. The number of anilines is 1. The van der Waals surface area contributed by atoms with E-state index in [1.807, 2.05) is 13.8 Å². The molecule has 2 heterocycles. The third-order valence-corrected chi connectivity index (χ3v) is 6.95. The molecular weight excluding hydrogens is 420 g/mol. The highest BCUT2D eigenvalue weighted by Gasteiger charge is 2.34. The summed E-state index contributed by atoms with van der Waals surface area (Å²) in [6, 6.07) is 6.51. The van der Waals surface area contributed by atoms with Gasteiger partial charge in [0.2, 0.25) is 5.91 Å². The number of rotatable bonds is 7. The average Bonchev–Trinajstić information content (AvgIpc) is 3.26. The maximum absolute atomic E-state index is 13.0. The van der Waals surface area contributed by atoms with Crippen molar-refractivity contribution < 1.29 is 22.7 Å². The molecule has 1 unspecified atom stereocenters. The van der Waals surface area contributed by atoms with Crippen LogP contribution < -0.4 is 5.32 Å². The maximum Gasteiger partial charge on any atom is 0.338 e. The molecule has 1 saturated heterocycles. The van der Waals surface area contributed by atoms with Crippen LogP contribution in [0.5, 0.6) is 0 Å². The zero-order chi connectivity index (χ0) is 22.6. The van der Waals surface area contributed by atoms with E-state index in [4.69, 9.17) is 4.74 Å². The fourth-order valence-electron chi connectivity index (χ4n) is 3.39. The third-order valence-electron chi connectivity index (χ3n) is 5.20. The minimum absolute atomic E-state index is 0.00295. The number of nitrogens with zero attached hydrogens (tertiary/aromatic N) is 3. The molecule has 9 nitrogen and oxygen atoms in total. The van der Waals surface area contributed by atoms with Crippen LogP contribution in [0.4, 0.5) is 5.69 Å². The maximum atomic E-state index is 13.0. The van der Waals surface area contributed by atoms with Crippen molar-refractivity contribution in [3.8, 4) is 0 Å². The highest BCUT2D eigenvalue weighted by atomic mass is 32.2. The van der Waals surface area contributed by atoms with E-state index < -0.39 is 21.9 Å². The number of aromatic nitrogens is 2. The summed E-state index contributed by atoms with van der Waals surface area (Å²) in [6.07, 6.45) is 4.21. The lowest BCUT2D eigenvalue weighted by atomic mass is 9.98. The van der Waals surface area contributed by atoms with Crippen molar-refractivity contribution in [2.75, 3.05) is 25.0 Å². The van der Waals surface area contributed by atoms with Gasteiger partial charge in [0, 0.05) is 31.0 Å². The summed E-state index contributed by atoms with van der Waals surface area (Å²) in [5, 5.41) is 2.81. The lowest BCUT2D eigenvalue weighted by molar-refractivity contribution is -0.120. The van der Waals surface area contributed by atoms with Crippen LogP contribution in [-0.2, 0) is 19.6 Å².